The number of rotatable bonds is 4. The Morgan fingerprint density at radius 3 is 2.85 bits per heavy atom. The molecule has 1 heterocycles. The highest BCUT2D eigenvalue weighted by atomic mass is 16.1. The Labute approximate surface area is 117 Å². The lowest BCUT2D eigenvalue weighted by Gasteiger charge is -2.19. The summed E-state index contributed by atoms with van der Waals surface area (Å²) in [6.07, 6.45) is 5.63. The number of aromatic nitrogens is 2. The van der Waals surface area contributed by atoms with Gasteiger partial charge in [0.05, 0.1) is 0 Å². The van der Waals surface area contributed by atoms with Gasteiger partial charge in [0.15, 0.2) is 5.82 Å². The molecule has 0 atom stereocenters. The van der Waals surface area contributed by atoms with Crippen LogP contribution < -0.4 is 16.2 Å². The molecule has 0 bridgehead atoms. The molecule has 1 saturated carbocycles. The van der Waals surface area contributed by atoms with Crippen molar-refractivity contribution >= 4 is 11.5 Å². The van der Waals surface area contributed by atoms with Crippen molar-refractivity contribution in [2.75, 3.05) is 17.7 Å². The van der Waals surface area contributed by atoms with Crippen LogP contribution in [0.15, 0.2) is 41.5 Å². The molecule has 2 N–H and O–H groups in total. The minimum absolute atomic E-state index is 0.0213. The molecular formula is C15H18N4O. The Morgan fingerprint density at radius 1 is 1.40 bits per heavy atom. The van der Waals surface area contributed by atoms with Crippen molar-refractivity contribution in [2.45, 2.75) is 25.4 Å². The second kappa shape index (κ2) is 5.00. The standard InChI is InChI=1S/C15H18N4O/c1-18(10-11-4-2-3-5-13(11)16)14-15(20)19(9-8-17-14)12-6-7-12/h2-5,8-9,12H,6-7,10,16H2,1H3. The molecule has 1 aromatic heterocycles. The third-order valence-electron chi connectivity index (χ3n) is 3.61. The minimum Gasteiger partial charge on any atom is -0.398 e. The van der Waals surface area contributed by atoms with Gasteiger partial charge in [-0.3, -0.25) is 4.79 Å². The lowest BCUT2D eigenvalue weighted by atomic mass is 10.2. The van der Waals surface area contributed by atoms with E-state index < -0.39 is 0 Å². The van der Waals surface area contributed by atoms with Gasteiger partial charge in [0.2, 0.25) is 0 Å². The van der Waals surface area contributed by atoms with Gasteiger partial charge in [-0.2, -0.15) is 0 Å². The zero-order valence-corrected chi connectivity index (χ0v) is 11.5. The highest BCUT2D eigenvalue weighted by molar-refractivity contribution is 5.49. The van der Waals surface area contributed by atoms with E-state index >= 15 is 0 Å². The molecule has 5 heteroatoms. The Hall–Kier alpha value is -2.30. The van der Waals surface area contributed by atoms with E-state index in [0.717, 1.165) is 24.1 Å². The molecule has 0 amide bonds. The predicted molar refractivity (Wildman–Crippen MR) is 79.7 cm³/mol. The molecule has 0 saturated heterocycles. The van der Waals surface area contributed by atoms with Gasteiger partial charge in [-0.25, -0.2) is 4.98 Å². The molecule has 2 aromatic rings. The third kappa shape index (κ3) is 2.39. The van der Waals surface area contributed by atoms with Crippen LogP contribution in [-0.4, -0.2) is 16.6 Å². The van der Waals surface area contributed by atoms with E-state index in [1.165, 1.54) is 0 Å². The van der Waals surface area contributed by atoms with Crippen LogP contribution in [0, 0.1) is 0 Å². The van der Waals surface area contributed by atoms with E-state index in [4.69, 9.17) is 5.73 Å². The molecule has 5 nitrogen and oxygen atoms in total. The maximum Gasteiger partial charge on any atom is 0.293 e. The van der Waals surface area contributed by atoms with Gasteiger partial charge < -0.3 is 15.2 Å². The number of nitrogens with two attached hydrogens (primary N) is 1. The van der Waals surface area contributed by atoms with Crippen molar-refractivity contribution in [1.82, 2.24) is 9.55 Å². The first-order valence-electron chi connectivity index (χ1n) is 6.78. The zero-order valence-electron chi connectivity index (χ0n) is 11.5. The van der Waals surface area contributed by atoms with Crippen molar-refractivity contribution < 1.29 is 0 Å². The van der Waals surface area contributed by atoms with Crippen molar-refractivity contribution in [3.63, 3.8) is 0 Å². The fourth-order valence-corrected chi connectivity index (χ4v) is 2.32. The maximum absolute atomic E-state index is 12.4. The summed E-state index contributed by atoms with van der Waals surface area (Å²) in [6.45, 7) is 0.573. The Morgan fingerprint density at radius 2 is 2.15 bits per heavy atom. The number of para-hydroxylation sites is 1. The van der Waals surface area contributed by atoms with Crippen LogP contribution in [0.2, 0.25) is 0 Å². The fourth-order valence-electron chi connectivity index (χ4n) is 2.32. The summed E-state index contributed by atoms with van der Waals surface area (Å²) in [4.78, 5) is 18.5. The Bertz CT molecular complexity index is 676. The number of nitrogens with zero attached hydrogens (tertiary/aromatic N) is 3. The molecule has 0 unspecified atom stereocenters. The molecule has 1 fully saturated rings. The number of anilines is 2. The monoisotopic (exact) mass is 270 g/mol. The van der Waals surface area contributed by atoms with Crippen molar-refractivity contribution in [1.29, 1.82) is 0 Å². The summed E-state index contributed by atoms with van der Waals surface area (Å²) in [6, 6.07) is 8.04. The summed E-state index contributed by atoms with van der Waals surface area (Å²) < 4.78 is 1.78. The second-order valence-corrected chi connectivity index (χ2v) is 5.25. The van der Waals surface area contributed by atoms with Crippen LogP contribution in [0.25, 0.3) is 0 Å². The average molecular weight is 270 g/mol. The van der Waals surface area contributed by atoms with Gasteiger partial charge in [-0.15, -0.1) is 0 Å². The largest absolute Gasteiger partial charge is 0.398 e. The van der Waals surface area contributed by atoms with E-state index in [2.05, 4.69) is 4.98 Å². The normalized spacial score (nSPS) is 14.2. The quantitative estimate of drug-likeness (QED) is 0.860. The molecule has 1 aliphatic carbocycles. The van der Waals surface area contributed by atoms with Crippen LogP contribution in [0.3, 0.4) is 0 Å². The molecule has 0 spiro atoms. The van der Waals surface area contributed by atoms with E-state index in [-0.39, 0.29) is 5.56 Å². The van der Waals surface area contributed by atoms with E-state index in [0.29, 0.717) is 18.4 Å². The van der Waals surface area contributed by atoms with Gasteiger partial charge >= 0.3 is 0 Å². The molecule has 104 valence electrons. The van der Waals surface area contributed by atoms with Gasteiger partial charge in [0.1, 0.15) is 0 Å². The number of hydrogen-bond acceptors (Lipinski definition) is 4. The molecule has 1 aromatic carbocycles. The Kier molecular flexibility index (Phi) is 3.18. The highest BCUT2D eigenvalue weighted by Crippen LogP contribution is 2.33. The SMILES string of the molecule is CN(Cc1ccccc1N)c1nccn(C2CC2)c1=O. The van der Waals surface area contributed by atoms with Gasteiger partial charge in [0.25, 0.3) is 5.56 Å². The third-order valence-corrected chi connectivity index (χ3v) is 3.61. The molecule has 3 rings (SSSR count). The van der Waals surface area contributed by atoms with E-state index in [1.807, 2.05) is 36.2 Å². The van der Waals surface area contributed by atoms with E-state index in [1.54, 1.807) is 17.0 Å². The fraction of sp³-hybridized carbons (Fsp3) is 0.333. The van der Waals surface area contributed by atoms with E-state index in [9.17, 15) is 4.79 Å². The number of nitrogen functional groups attached to an aromatic ring is 1. The first-order chi connectivity index (χ1) is 9.66. The first kappa shape index (κ1) is 12.7. The van der Waals surface area contributed by atoms with Crippen LogP contribution in [0.5, 0.6) is 0 Å². The zero-order chi connectivity index (χ0) is 14.1. The topological polar surface area (TPSA) is 64.2 Å². The molecular weight excluding hydrogens is 252 g/mol. The van der Waals surface area contributed by atoms with Crippen LogP contribution in [0.1, 0.15) is 24.4 Å². The van der Waals surface area contributed by atoms with Gasteiger partial charge in [-0.05, 0) is 24.5 Å². The maximum atomic E-state index is 12.4. The molecule has 0 aliphatic heterocycles. The first-order valence-corrected chi connectivity index (χ1v) is 6.78. The second-order valence-electron chi connectivity index (χ2n) is 5.25. The molecule has 0 radical (unpaired) electrons. The van der Waals surface area contributed by atoms with Crippen molar-refractivity contribution in [3.8, 4) is 0 Å². The molecule has 1 aliphatic rings. The number of hydrogen-bond donors (Lipinski definition) is 1. The average Bonchev–Trinajstić information content (AvgIpc) is 3.26. The Balaban J connectivity index is 1.87. The van der Waals surface area contributed by atoms with Crippen molar-refractivity contribution in [2.24, 2.45) is 0 Å². The number of benzene rings is 1. The summed E-state index contributed by atoms with van der Waals surface area (Å²) in [5.41, 5.74) is 7.65. The summed E-state index contributed by atoms with van der Waals surface area (Å²) >= 11 is 0. The summed E-state index contributed by atoms with van der Waals surface area (Å²) in [5.74, 6) is 0.475. The van der Waals surface area contributed by atoms with Crippen molar-refractivity contribution in [3.05, 3.63) is 52.6 Å². The smallest absolute Gasteiger partial charge is 0.293 e. The van der Waals surface area contributed by atoms with Crippen LogP contribution >= 0.6 is 0 Å². The lowest BCUT2D eigenvalue weighted by molar-refractivity contribution is 0.690. The lowest BCUT2D eigenvalue weighted by Crippen LogP contribution is -2.30. The molecule has 20 heavy (non-hydrogen) atoms. The minimum atomic E-state index is -0.0213. The van der Waals surface area contributed by atoms with Gasteiger partial charge in [0, 0.05) is 37.7 Å². The van der Waals surface area contributed by atoms with Crippen LogP contribution in [0.4, 0.5) is 11.5 Å². The summed E-state index contributed by atoms with van der Waals surface area (Å²) in [5, 5.41) is 0. The highest BCUT2D eigenvalue weighted by Gasteiger charge is 2.25. The van der Waals surface area contributed by atoms with Gasteiger partial charge in [-0.1, -0.05) is 18.2 Å². The summed E-state index contributed by atoms with van der Waals surface area (Å²) in [7, 11) is 1.87. The predicted octanol–water partition coefficient (Wildman–Crippen LogP) is 1.80. The van der Waals surface area contributed by atoms with Crippen LogP contribution in [-0.2, 0) is 6.54 Å².